The van der Waals surface area contributed by atoms with Crippen molar-refractivity contribution < 1.29 is 13.3 Å². The van der Waals surface area contributed by atoms with Crippen molar-refractivity contribution in [1.29, 1.82) is 0 Å². The van der Waals surface area contributed by atoms with E-state index in [2.05, 4.69) is 0 Å². The van der Waals surface area contributed by atoms with Crippen LogP contribution in [0.1, 0.15) is 6.42 Å². The number of thioether (sulfide) groups is 1. The van der Waals surface area contributed by atoms with Crippen molar-refractivity contribution in [3.63, 3.8) is 0 Å². The molecule has 1 aliphatic rings. The maximum atomic E-state index is 5.74. The normalized spacial score (nSPS) is 22.7. The summed E-state index contributed by atoms with van der Waals surface area (Å²) in [5, 5.41) is 0. The highest BCUT2D eigenvalue weighted by Crippen LogP contribution is 2.20. The van der Waals surface area contributed by atoms with Crippen LogP contribution in [0.15, 0.2) is 0 Å². The molecule has 0 radical (unpaired) electrons. The molecule has 0 N–H and O–H groups in total. The van der Waals surface area contributed by atoms with E-state index < -0.39 is 8.80 Å². The molecule has 0 aromatic carbocycles. The lowest BCUT2D eigenvalue weighted by molar-refractivity contribution is 0.0862. The zero-order chi connectivity index (χ0) is 10.3. The van der Waals surface area contributed by atoms with Crippen molar-refractivity contribution in [1.82, 2.24) is 0 Å². The third-order valence-electron chi connectivity index (χ3n) is 2.03. The van der Waals surface area contributed by atoms with Gasteiger partial charge in [-0.1, -0.05) is 0 Å². The van der Waals surface area contributed by atoms with Crippen molar-refractivity contribution in [3.8, 4) is 0 Å². The van der Waals surface area contributed by atoms with Gasteiger partial charge in [0, 0.05) is 43.8 Å². The second kappa shape index (κ2) is 7.08. The first-order chi connectivity index (χ1) is 6.83. The van der Waals surface area contributed by atoms with Gasteiger partial charge in [0.1, 0.15) is 0 Å². The van der Waals surface area contributed by atoms with Crippen molar-refractivity contribution in [2.75, 3.05) is 37.7 Å². The molecule has 3 nitrogen and oxygen atoms in total. The molecule has 1 fully saturated rings. The molecular weight excluding hydrogens is 240 g/mol. The highest BCUT2D eigenvalue weighted by Gasteiger charge is 2.39. The second-order valence-corrected chi connectivity index (χ2v) is 7.44. The monoisotopic (exact) mass is 256 g/mol. The maximum absolute atomic E-state index is 5.74. The van der Waals surface area contributed by atoms with E-state index in [0.717, 1.165) is 37.2 Å². The van der Waals surface area contributed by atoms with Gasteiger partial charge in [-0.05, 0) is 6.42 Å². The van der Waals surface area contributed by atoms with Crippen LogP contribution in [0.25, 0.3) is 0 Å². The zero-order valence-corrected chi connectivity index (χ0v) is 11.0. The standard InChI is InChI=1S/C8H17ClO3SSi/c1-10-14(8-2-3-9)11-4-6-13-7-5-12-14/h2-8H2,1H3. The van der Waals surface area contributed by atoms with Crippen LogP contribution in [-0.4, -0.2) is 46.5 Å². The predicted molar refractivity (Wildman–Crippen MR) is 62.1 cm³/mol. The number of hydrogen-bond acceptors (Lipinski definition) is 4. The average molecular weight is 257 g/mol. The van der Waals surface area contributed by atoms with Gasteiger partial charge < -0.3 is 13.3 Å². The quantitative estimate of drug-likeness (QED) is 0.568. The Hall–Kier alpha value is 0.737. The van der Waals surface area contributed by atoms with Crippen molar-refractivity contribution in [2.24, 2.45) is 0 Å². The third-order valence-corrected chi connectivity index (χ3v) is 6.08. The molecule has 1 heterocycles. The molecule has 14 heavy (non-hydrogen) atoms. The molecule has 0 bridgehead atoms. The van der Waals surface area contributed by atoms with E-state index in [1.54, 1.807) is 7.11 Å². The fraction of sp³-hybridized carbons (Fsp3) is 1.00. The topological polar surface area (TPSA) is 27.7 Å². The average Bonchev–Trinajstić information content (AvgIpc) is 2.18. The van der Waals surface area contributed by atoms with Crippen LogP contribution < -0.4 is 0 Å². The van der Waals surface area contributed by atoms with E-state index in [0.29, 0.717) is 5.88 Å². The third kappa shape index (κ3) is 4.08. The summed E-state index contributed by atoms with van der Waals surface area (Å²) >= 11 is 7.52. The Morgan fingerprint density at radius 3 is 2.50 bits per heavy atom. The minimum absolute atomic E-state index is 0.638. The first-order valence-electron chi connectivity index (χ1n) is 4.80. The van der Waals surface area contributed by atoms with Gasteiger partial charge >= 0.3 is 8.80 Å². The van der Waals surface area contributed by atoms with E-state index in [1.807, 2.05) is 11.8 Å². The molecule has 0 aliphatic carbocycles. The molecule has 84 valence electrons. The summed E-state index contributed by atoms with van der Waals surface area (Å²) in [7, 11) is -0.682. The Morgan fingerprint density at radius 2 is 2.00 bits per heavy atom. The molecule has 1 saturated heterocycles. The molecule has 0 amide bonds. The number of halogens is 1. The van der Waals surface area contributed by atoms with Crippen LogP contribution in [0.5, 0.6) is 0 Å². The summed E-state index contributed by atoms with van der Waals surface area (Å²) in [5.74, 6) is 2.70. The summed E-state index contributed by atoms with van der Waals surface area (Å²) in [6.07, 6.45) is 0.898. The minimum Gasteiger partial charge on any atom is -0.377 e. The maximum Gasteiger partial charge on any atom is 0.500 e. The molecule has 0 atom stereocenters. The summed E-state index contributed by atoms with van der Waals surface area (Å²) in [4.78, 5) is 0. The van der Waals surface area contributed by atoms with E-state index in [4.69, 9.17) is 24.9 Å². The van der Waals surface area contributed by atoms with Gasteiger partial charge in [0.05, 0.1) is 0 Å². The van der Waals surface area contributed by atoms with Crippen molar-refractivity contribution in [3.05, 3.63) is 0 Å². The molecule has 0 unspecified atom stereocenters. The SMILES string of the molecule is CO[Si]1(CCCCl)OCCSCCO1. The zero-order valence-electron chi connectivity index (χ0n) is 8.46. The molecule has 0 aromatic rings. The van der Waals surface area contributed by atoms with Gasteiger partial charge in [-0.2, -0.15) is 11.8 Å². The lowest BCUT2D eigenvalue weighted by Crippen LogP contribution is -2.46. The van der Waals surface area contributed by atoms with Crippen molar-refractivity contribution in [2.45, 2.75) is 12.5 Å². The number of hydrogen-bond donors (Lipinski definition) is 0. The lowest BCUT2D eigenvalue weighted by atomic mass is 10.6. The van der Waals surface area contributed by atoms with Crippen LogP contribution in [-0.2, 0) is 13.3 Å². The first kappa shape index (κ1) is 12.8. The Bertz CT molecular complexity index is 148. The summed E-state index contributed by atoms with van der Waals surface area (Å²) in [6.45, 7) is 1.46. The first-order valence-corrected chi connectivity index (χ1v) is 8.42. The molecule has 1 aliphatic heterocycles. The largest absolute Gasteiger partial charge is 0.500 e. The smallest absolute Gasteiger partial charge is 0.377 e. The van der Waals surface area contributed by atoms with Crippen molar-refractivity contribution >= 4 is 32.2 Å². The highest BCUT2D eigenvalue weighted by molar-refractivity contribution is 7.99. The van der Waals surface area contributed by atoms with Gasteiger partial charge in [-0.25, -0.2) is 0 Å². The van der Waals surface area contributed by atoms with Gasteiger partial charge in [-0.15, -0.1) is 11.6 Å². The van der Waals surface area contributed by atoms with Crippen LogP contribution in [0.2, 0.25) is 6.04 Å². The predicted octanol–water partition coefficient (Wildman–Crippen LogP) is 1.98. The Balaban J connectivity index is 2.44. The van der Waals surface area contributed by atoms with Crippen LogP contribution >= 0.6 is 23.4 Å². The van der Waals surface area contributed by atoms with E-state index in [9.17, 15) is 0 Å². The molecule has 0 spiro atoms. The van der Waals surface area contributed by atoms with Crippen LogP contribution in [0.3, 0.4) is 0 Å². The second-order valence-electron chi connectivity index (χ2n) is 2.99. The fourth-order valence-electron chi connectivity index (χ4n) is 1.30. The Labute approximate surface area is 95.8 Å². The molecule has 6 heteroatoms. The van der Waals surface area contributed by atoms with E-state index in [1.165, 1.54) is 0 Å². The van der Waals surface area contributed by atoms with Gasteiger partial charge in [-0.3, -0.25) is 0 Å². The molecule has 0 saturated carbocycles. The van der Waals surface area contributed by atoms with E-state index >= 15 is 0 Å². The minimum atomic E-state index is -2.36. The molecule has 1 rings (SSSR count). The Morgan fingerprint density at radius 1 is 1.36 bits per heavy atom. The summed E-state index contributed by atoms with van der Waals surface area (Å²) in [6, 6.07) is 0.831. The molecule has 0 aromatic heterocycles. The van der Waals surface area contributed by atoms with Crippen LogP contribution in [0.4, 0.5) is 0 Å². The molecular formula is C8H17ClO3SSi. The Kier molecular flexibility index (Phi) is 6.48. The van der Waals surface area contributed by atoms with Gasteiger partial charge in [0.15, 0.2) is 0 Å². The fourth-order valence-corrected chi connectivity index (χ4v) is 4.81. The van der Waals surface area contributed by atoms with E-state index in [-0.39, 0.29) is 0 Å². The summed E-state index contributed by atoms with van der Waals surface area (Å²) in [5.41, 5.74) is 0. The van der Waals surface area contributed by atoms with Gasteiger partial charge in [0.2, 0.25) is 0 Å². The summed E-state index contributed by atoms with van der Waals surface area (Å²) < 4.78 is 16.9. The number of rotatable bonds is 4. The van der Waals surface area contributed by atoms with Gasteiger partial charge in [0.25, 0.3) is 0 Å². The highest BCUT2D eigenvalue weighted by atomic mass is 35.5. The number of alkyl halides is 1. The lowest BCUT2D eigenvalue weighted by Gasteiger charge is -2.29. The van der Waals surface area contributed by atoms with Crippen LogP contribution in [0, 0.1) is 0 Å².